The third kappa shape index (κ3) is 2.32. The second-order valence-electron chi connectivity index (χ2n) is 5.73. The van der Waals surface area contributed by atoms with E-state index in [0.29, 0.717) is 0 Å². The van der Waals surface area contributed by atoms with Gasteiger partial charge in [0.05, 0.1) is 7.11 Å². The first-order chi connectivity index (χ1) is 9.73. The Labute approximate surface area is 120 Å². The van der Waals surface area contributed by atoms with E-state index in [1.165, 1.54) is 16.7 Å². The van der Waals surface area contributed by atoms with Gasteiger partial charge in [0.2, 0.25) is 0 Å². The highest BCUT2D eigenvalue weighted by Crippen LogP contribution is 2.35. The SMILES string of the molecule is COc1cccc(CC2(c3ccccc3C)CNC2)c1. The Kier molecular flexibility index (Phi) is 3.49. The molecule has 0 saturated carbocycles. The Morgan fingerprint density at radius 3 is 2.55 bits per heavy atom. The number of nitrogens with one attached hydrogen (secondary N) is 1. The highest BCUT2D eigenvalue weighted by molar-refractivity contribution is 5.40. The van der Waals surface area contributed by atoms with Crippen LogP contribution in [-0.4, -0.2) is 20.2 Å². The lowest BCUT2D eigenvalue weighted by Crippen LogP contribution is -2.58. The molecule has 0 atom stereocenters. The summed E-state index contributed by atoms with van der Waals surface area (Å²) in [4.78, 5) is 0. The molecule has 1 aliphatic rings. The third-order valence-corrected chi connectivity index (χ3v) is 4.32. The van der Waals surface area contributed by atoms with Crippen molar-refractivity contribution in [3.63, 3.8) is 0 Å². The lowest BCUT2D eigenvalue weighted by atomic mass is 9.69. The van der Waals surface area contributed by atoms with Crippen molar-refractivity contribution in [2.75, 3.05) is 20.2 Å². The van der Waals surface area contributed by atoms with Gasteiger partial charge in [-0.05, 0) is 42.2 Å². The third-order valence-electron chi connectivity index (χ3n) is 4.32. The van der Waals surface area contributed by atoms with Crippen molar-refractivity contribution in [2.45, 2.75) is 18.8 Å². The van der Waals surface area contributed by atoms with Gasteiger partial charge in [0.1, 0.15) is 5.75 Å². The van der Waals surface area contributed by atoms with Crippen molar-refractivity contribution in [1.82, 2.24) is 5.32 Å². The smallest absolute Gasteiger partial charge is 0.119 e. The van der Waals surface area contributed by atoms with Crippen molar-refractivity contribution in [3.8, 4) is 5.75 Å². The van der Waals surface area contributed by atoms with E-state index in [4.69, 9.17) is 4.74 Å². The summed E-state index contributed by atoms with van der Waals surface area (Å²) < 4.78 is 5.33. The first-order valence-electron chi connectivity index (χ1n) is 7.13. The highest BCUT2D eigenvalue weighted by atomic mass is 16.5. The van der Waals surface area contributed by atoms with Crippen molar-refractivity contribution in [3.05, 3.63) is 65.2 Å². The summed E-state index contributed by atoms with van der Waals surface area (Å²) in [5, 5.41) is 3.45. The van der Waals surface area contributed by atoms with Gasteiger partial charge in [-0.25, -0.2) is 0 Å². The molecule has 0 amide bonds. The van der Waals surface area contributed by atoms with E-state index in [9.17, 15) is 0 Å². The molecule has 0 aromatic heterocycles. The molecule has 2 heteroatoms. The quantitative estimate of drug-likeness (QED) is 0.919. The van der Waals surface area contributed by atoms with E-state index >= 15 is 0 Å². The molecule has 0 spiro atoms. The lowest BCUT2D eigenvalue weighted by molar-refractivity contribution is 0.273. The minimum atomic E-state index is 0.234. The fraction of sp³-hybridized carbons (Fsp3) is 0.333. The number of hydrogen-bond donors (Lipinski definition) is 1. The molecule has 0 bridgehead atoms. The molecule has 1 heterocycles. The molecule has 3 rings (SSSR count). The number of aryl methyl sites for hydroxylation is 1. The number of hydrogen-bond acceptors (Lipinski definition) is 2. The number of benzene rings is 2. The van der Waals surface area contributed by atoms with Gasteiger partial charge >= 0.3 is 0 Å². The molecule has 2 aromatic carbocycles. The van der Waals surface area contributed by atoms with E-state index in [0.717, 1.165) is 25.3 Å². The van der Waals surface area contributed by atoms with E-state index in [1.54, 1.807) is 7.11 Å². The molecule has 2 aromatic rings. The maximum atomic E-state index is 5.33. The minimum absolute atomic E-state index is 0.234. The summed E-state index contributed by atoms with van der Waals surface area (Å²) in [6, 6.07) is 17.2. The molecule has 1 aliphatic heterocycles. The molecule has 1 fully saturated rings. The molecule has 0 radical (unpaired) electrons. The minimum Gasteiger partial charge on any atom is -0.497 e. The average Bonchev–Trinajstić information content (AvgIpc) is 2.44. The summed E-state index contributed by atoms with van der Waals surface area (Å²) in [6.45, 7) is 4.31. The molecule has 1 N–H and O–H groups in total. The monoisotopic (exact) mass is 267 g/mol. The van der Waals surface area contributed by atoms with E-state index in [1.807, 2.05) is 6.07 Å². The standard InChI is InChI=1S/C18H21NO/c1-14-6-3-4-9-17(14)18(12-19-13-18)11-15-7-5-8-16(10-15)20-2/h3-10,19H,11-13H2,1-2H3. The van der Waals surface area contributed by atoms with Gasteiger partial charge in [-0.1, -0.05) is 36.4 Å². The van der Waals surface area contributed by atoms with E-state index in [-0.39, 0.29) is 5.41 Å². The van der Waals surface area contributed by atoms with Crippen LogP contribution in [0.25, 0.3) is 0 Å². The zero-order valence-corrected chi connectivity index (χ0v) is 12.1. The van der Waals surface area contributed by atoms with Gasteiger partial charge in [-0.2, -0.15) is 0 Å². The Hall–Kier alpha value is -1.80. The van der Waals surface area contributed by atoms with Gasteiger partial charge in [-0.3, -0.25) is 0 Å². The second kappa shape index (κ2) is 5.29. The average molecular weight is 267 g/mol. The zero-order valence-electron chi connectivity index (χ0n) is 12.1. The highest BCUT2D eigenvalue weighted by Gasteiger charge is 2.39. The van der Waals surface area contributed by atoms with Crippen LogP contribution in [0.5, 0.6) is 5.75 Å². The summed E-state index contributed by atoms with van der Waals surface area (Å²) in [5.74, 6) is 0.940. The van der Waals surface area contributed by atoms with Gasteiger partial charge in [0, 0.05) is 18.5 Å². The first-order valence-corrected chi connectivity index (χ1v) is 7.13. The van der Waals surface area contributed by atoms with Crippen molar-refractivity contribution < 1.29 is 4.74 Å². The summed E-state index contributed by atoms with van der Waals surface area (Å²) in [5.41, 5.74) is 4.44. The molecule has 104 valence electrons. The summed E-state index contributed by atoms with van der Waals surface area (Å²) >= 11 is 0. The molecular weight excluding hydrogens is 246 g/mol. The van der Waals surface area contributed by atoms with Crippen molar-refractivity contribution in [1.29, 1.82) is 0 Å². The molecule has 2 nitrogen and oxygen atoms in total. The molecule has 1 saturated heterocycles. The van der Waals surface area contributed by atoms with Crippen LogP contribution in [0, 0.1) is 6.92 Å². The Balaban J connectivity index is 1.92. The fourth-order valence-electron chi connectivity index (χ4n) is 3.18. The topological polar surface area (TPSA) is 21.3 Å². The Bertz CT molecular complexity index is 602. The fourth-order valence-corrected chi connectivity index (χ4v) is 3.18. The maximum Gasteiger partial charge on any atom is 0.119 e. The molecule has 20 heavy (non-hydrogen) atoms. The van der Waals surface area contributed by atoms with E-state index in [2.05, 4.69) is 54.7 Å². The normalized spacial score (nSPS) is 16.5. The molecule has 0 unspecified atom stereocenters. The van der Waals surface area contributed by atoms with Crippen LogP contribution in [0.4, 0.5) is 0 Å². The van der Waals surface area contributed by atoms with Crippen LogP contribution >= 0.6 is 0 Å². The van der Waals surface area contributed by atoms with Gasteiger partial charge < -0.3 is 10.1 Å². The van der Waals surface area contributed by atoms with Crippen LogP contribution in [-0.2, 0) is 11.8 Å². The van der Waals surface area contributed by atoms with Crippen LogP contribution in [0.15, 0.2) is 48.5 Å². The van der Waals surface area contributed by atoms with Crippen molar-refractivity contribution in [2.24, 2.45) is 0 Å². The first kappa shape index (κ1) is 13.2. The summed E-state index contributed by atoms with van der Waals surface area (Å²) in [7, 11) is 1.72. The largest absolute Gasteiger partial charge is 0.497 e. The predicted octanol–water partition coefficient (Wildman–Crippen LogP) is 3.09. The van der Waals surface area contributed by atoms with Gasteiger partial charge in [0.15, 0.2) is 0 Å². The number of rotatable bonds is 4. The molecular formula is C18H21NO. The van der Waals surface area contributed by atoms with Gasteiger partial charge in [-0.15, -0.1) is 0 Å². The predicted molar refractivity (Wildman–Crippen MR) is 82.4 cm³/mol. The van der Waals surface area contributed by atoms with Crippen LogP contribution < -0.4 is 10.1 Å². The molecule has 0 aliphatic carbocycles. The van der Waals surface area contributed by atoms with Crippen LogP contribution in [0.1, 0.15) is 16.7 Å². The van der Waals surface area contributed by atoms with Gasteiger partial charge in [0.25, 0.3) is 0 Å². The van der Waals surface area contributed by atoms with Crippen LogP contribution in [0.3, 0.4) is 0 Å². The summed E-state index contributed by atoms with van der Waals surface area (Å²) in [6.07, 6.45) is 1.06. The van der Waals surface area contributed by atoms with Crippen molar-refractivity contribution >= 4 is 0 Å². The van der Waals surface area contributed by atoms with Crippen LogP contribution in [0.2, 0.25) is 0 Å². The lowest BCUT2D eigenvalue weighted by Gasteiger charge is -2.44. The zero-order chi connectivity index (χ0) is 14.0. The Morgan fingerprint density at radius 1 is 1.10 bits per heavy atom. The number of ether oxygens (including phenoxy) is 1. The van der Waals surface area contributed by atoms with E-state index < -0.39 is 0 Å². The Morgan fingerprint density at radius 2 is 1.90 bits per heavy atom. The number of methoxy groups -OCH3 is 1. The second-order valence-corrected chi connectivity index (χ2v) is 5.73. The maximum absolute atomic E-state index is 5.33.